The van der Waals surface area contributed by atoms with Gasteiger partial charge in [0.15, 0.2) is 0 Å². The van der Waals surface area contributed by atoms with Crippen LogP contribution in [0.1, 0.15) is 11.1 Å². The molecule has 0 aliphatic rings. The van der Waals surface area contributed by atoms with E-state index >= 15 is 0 Å². The largest absolute Gasteiger partial charge is 0.497 e. The maximum atomic E-state index is 11.1. The predicted octanol–water partition coefficient (Wildman–Crippen LogP) is 4.52. The Kier molecular flexibility index (Phi) is 4.89. The monoisotopic (exact) mass is 322 g/mol. The second kappa shape index (κ2) is 6.66. The number of aliphatic carboxylic acids is 1. The van der Waals surface area contributed by atoms with Crippen molar-refractivity contribution in [2.45, 2.75) is 0 Å². The molecule has 0 fully saturated rings. The van der Waals surface area contributed by atoms with Crippen molar-refractivity contribution in [2.75, 3.05) is 7.11 Å². The zero-order valence-electron chi connectivity index (χ0n) is 11.1. The Morgan fingerprint density at radius 2 is 1.62 bits per heavy atom. The Balaban J connectivity index is 2.55. The SMILES string of the molecule is COc1ccc(/C(=C/C(=O)O)c2cc(Cl)cc(Cl)c2)cc1. The fraction of sp³-hybridized carbons (Fsp3) is 0.0625. The van der Waals surface area contributed by atoms with Crippen LogP contribution < -0.4 is 4.74 Å². The fourth-order valence-electron chi connectivity index (χ4n) is 1.94. The molecule has 0 unspecified atom stereocenters. The van der Waals surface area contributed by atoms with E-state index in [4.69, 9.17) is 33.0 Å². The van der Waals surface area contributed by atoms with E-state index in [9.17, 15) is 4.79 Å². The number of carbonyl (C=O) groups is 1. The Morgan fingerprint density at radius 1 is 1.05 bits per heavy atom. The van der Waals surface area contributed by atoms with E-state index in [2.05, 4.69) is 0 Å². The number of benzene rings is 2. The molecular formula is C16H12Cl2O3. The van der Waals surface area contributed by atoms with Crippen LogP contribution in [0.3, 0.4) is 0 Å². The van der Waals surface area contributed by atoms with Gasteiger partial charge >= 0.3 is 5.97 Å². The number of carboxylic acid groups (broad SMARTS) is 1. The van der Waals surface area contributed by atoms with Crippen molar-refractivity contribution >= 4 is 34.7 Å². The molecule has 5 heteroatoms. The zero-order chi connectivity index (χ0) is 15.4. The van der Waals surface area contributed by atoms with Crippen molar-refractivity contribution in [1.82, 2.24) is 0 Å². The molecular weight excluding hydrogens is 311 g/mol. The van der Waals surface area contributed by atoms with E-state index < -0.39 is 5.97 Å². The molecule has 2 aromatic rings. The third-order valence-electron chi connectivity index (χ3n) is 2.84. The number of hydrogen-bond acceptors (Lipinski definition) is 2. The number of carboxylic acids is 1. The van der Waals surface area contributed by atoms with Crippen molar-refractivity contribution in [1.29, 1.82) is 0 Å². The molecule has 0 saturated carbocycles. The number of ether oxygens (including phenoxy) is 1. The standard InChI is InChI=1S/C16H12Cl2O3/c1-21-14-4-2-10(3-5-14)15(9-16(19)20)11-6-12(17)8-13(18)7-11/h2-9H,1H3,(H,19,20)/b15-9-. The van der Waals surface area contributed by atoms with Gasteiger partial charge in [0.1, 0.15) is 5.75 Å². The molecule has 0 aliphatic carbocycles. The van der Waals surface area contributed by atoms with Gasteiger partial charge in [0, 0.05) is 16.1 Å². The second-order valence-electron chi connectivity index (χ2n) is 4.28. The summed E-state index contributed by atoms with van der Waals surface area (Å²) in [6, 6.07) is 12.0. The van der Waals surface area contributed by atoms with Crippen LogP contribution in [0.5, 0.6) is 5.75 Å². The highest BCUT2D eigenvalue weighted by atomic mass is 35.5. The van der Waals surface area contributed by atoms with Crippen molar-refractivity contribution in [3.05, 3.63) is 69.7 Å². The smallest absolute Gasteiger partial charge is 0.328 e. The molecule has 0 atom stereocenters. The van der Waals surface area contributed by atoms with Gasteiger partial charge < -0.3 is 9.84 Å². The Hall–Kier alpha value is -1.97. The fourth-order valence-corrected chi connectivity index (χ4v) is 2.46. The van der Waals surface area contributed by atoms with Gasteiger partial charge in [-0.25, -0.2) is 4.79 Å². The maximum absolute atomic E-state index is 11.1. The highest BCUT2D eigenvalue weighted by molar-refractivity contribution is 6.35. The third-order valence-corrected chi connectivity index (χ3v) is 3.28. The van der Waals surface area contributed by atoms with Crippen LogP contribution >= 0.6 is 23.2 Å². The molecule has 0 amide bonds. The van der Waals surface area contributed by atoms with Crippen molar-refractivity contribution in [2.24, 2.45) is 0 Å². The van der Waals surface area contributed by atoms with E-state index in [0.29, 0.717) is 26.9 Å². The zero-order valence-corrected chi connectivity index (χ0v) is 12.7. The molecule has 0 heterocycles. The maximum Gasteiger partial charge on any atom is 0.328 e. The molecule has 0 aromatic heterocycles. The highest BCUT2D eigenvalue weighted by Gasteiger charge is 2.10. The summed E-state index contributed by atoms with van der Waals surface area (Å²) in [6.45, 7) is 0. The molecule has 108 valence electrons. The number of rotatable bonds is 4. The molecule has 0 radical (unpaired) electrons. The summed E-state index contributed by atoms with van der Waals surface area (Å²) in [4.78, 5) is 11.1. The van der Waals surface area contributed by atoms with Crippen LogP contribution in [-0.4, -0.2) is 18.2 Å². The minimum Gasteiger partial charge on any atom is -0.497 e. The molecule has 2 rings (SSSR count). The lowest BCUT2D eigenvalue weighted by atomic mass is 9.97. The van der Waals surface area contributed by atoms with Crippen LogP contribution in [0.25, 0.3) is 5.57 Å². The van der Waals surface area contributed by atoms with Crippen LogP contribution in [0, 0.1) is 0 Å². The summed E-state index contributed by atoms with van der Waals surface area (Å²) in [7, 11) is 1.57. The van der Waals surface area contributed by atoms with E-state index in [1.165, 1.54) is 0 Å². The van der Waals surface area contributed by atoms with Gasteiger partial charge in [-0.3, -0.25) is 0 Å². The van der Waals surface area contributed by atoms with E-state index in [0.717, 1.165) is 11.6 Å². The summed E-state index contributed by atoms with van der Waals surface area (Å²) >= 11 is 12.0. The topological polar surface area (TPSA) is 46.5 Å². The lowest BCUT2D eigenvalue weighted by molar-refractivity contribution is -0.131. The van der Waals surface area contributed by atoms with Crippen LogP contribution in [0.4, 0.5) is 0 Å². The quantitative estimate of drug-likeness (QED) is 0.842. The normalized spacial score (nSPS) is 11.3. The highest BCUT2D eigenvalue weighted by Crippen LogP contribution is 2.29. The lowest BCUT2D eigenvalue weighted by Gasteiger charge is -2.10. The first-order valence-electron chi connectivity index (χ1n) is 6.05. The van der Waals surface area contributed by atoms with Gasteiger partial charge in [0.05, 0.1) is 7.11 Å². The first-order valence-corrected chi connectivity index (χ1v) is 6.80. The average Bonchev–Trinajstić information content (AvgIpc) is 2.43. The molecule has 3 nitrogen and oxygen atoms in total. The first kappa shape index (κ1) is 15.4. The second-order valence-corrected chi connectivity index (χ2v) is 5.16. The molecule has 21 heavy (non-hydrogen) atoms. The predicted molar refractivity (Wildman–Crippen MR) is 84.2 cm³/mol. The summed E-state index contributed by atoms with van der Waals surface area (Å²) in [5, 5.41) is 9.97. The molecule has 0 bridgehead atoms. The van der Waals surface area contributed by atoms with Gasteiger partial charge in [0.25, 0.3) is 0 Å². The van der Waals surface area contributed by atoms with E-state index in [-0.39, 0.29) is 0 Å². The van der Waals surface area contributed by atoms with Gasteiger partial charge in [0.2, 0.25) is 0 Å². The third kappa shape index (κ3) is 4.00. The van der Waals surface area contributed by atoms with E-state index in [1.54, 1.807) is 49.6 Å². The Bertz CT molecular complexity index is 671. The Morgan fingerprint density at radius 3 is 2.10 bits per heavy atom. The Labute approximate surface area is 132 Å². The molecule has 1 N–H and O–H groups in total. The van der Waals surface area contributed by atoms with Crippen molar-refractivity contribution in [3.8, 4) is 5.75 Å². The summed E-state index contributed by atoms with van der Waals surface area (Å²) in [6.07, 6.45) is 1.13. The van der Waals surface area contributed by atoms with Gasteiger partial charge in [-0.15, -0.1) is 0 Å². The first-order chi connectivity index (χ1) is 9.99. The average molecular weight is 323 g/mol. The van der Waals surface area contributed by atoms with Crippen molar-refractivity contribution in [3.63, 3.8) is 0 Å². The van der Waals surface area contributed by atoms with Gasteiger partial charge in [-0.05, 0) is 47.0 Å². The van der Waals surface area contributed by atoms with Crippen LogP contribution in [0.2, 0.25) is 10.0 Å². The minimum atomic E-state index is -1.04. The van der Waals surface area contributed by atoms with E-state index in [1.807, 2.05) is 0 Å². The summed E-state index contributed by atoms with van der Waals surface area (Å²) in [5.41, 5.74) is 1.89. The molecule has 2 aromatic carbocycles. The summed E-state index contributed by atoms with van der Waals surface area (Å²) < 4.78 is 5.10. The number of methoxy groups -OCH3 is 1. The van der Waals surface area contributed by atoms with Gasteiger partial charge in [-0.1, -0.05) is 35.3 Å². The number of halogens is 2. The van der Waals surface area contributed by atoms with Crippen LogP contribution in [-0.2, 0) is 4.79 Å². The van der Waals surface area contributed by atoms with Crippen LogP contribution in [0.15, 0.2) is 48.5 Å². The van der Waals surface area contributed by atoms with Gasteiger partial charge in [-0.2, -0.15) is 0 Å². The minimum absolute atomic E-state index is 0.447. The molecule has 0 aliphatic heterocycles. The molecule has 0 saturated heterocycles. The number of hydrogen-bond donors (Lipinski definition) is 1. The van der Waals surface area contributed by atoms with Crippen molar-refractivity contribution < 1.29 is 14.6 Å². The molecule has 0 spiro atoms. The summed E-state index contributed by atoms with van der Waals surface area (Å²) in [5.74, 6) is -0.352. The lowest BCUT2D eigenvalue weighted by Crippen LogP contribution is -1.95.